The predicted octanol–water partition coefficient (Wildman–Crippen LogP) is -0.708. The van der Waals surface area contributed by atoms with Crippen molar-refractivity contribution in [1.29, 1.82) is 0 Å². The molecule has 1 aliphatic rings. The average molecular weight is 289 g/mol. The smallest absolute Gasteiger partial charge is 0.374 e. The Morgan fingerprint density at radius 1 is 1.20 bits per heavy atom. The van der Waals surface area contributed by atoms with E-state index in [0.717, 1.165) is 19.6 Å². The molecular formula is C11H19N3O6. The molecular weight excluding hydrogens is 270 g/mol. The highest BCUT2D eigenvalue weighted by Gasteiger charge is 2.17. The number of carbonyl (C=O) groups excluding carboxylic acids is 2. The Morgan fingerprint density at radius 2 is 1.80 bits per heavy atom. The molecule has 114 valence electrons. The zero-order chi connectivity index (χ0) is 15.0. The van der Waals surface area contributed by atoms with Gasteiger partial charge >= 0.3 is 5.97 Å². The first-order valence-electron chi connectivity index (χ1n) is 6.38. The number of piperazine rings is 1. The molecule has 0 aromatic rings. The topological polar surface area (TPSA) is 102 Å². The normalized spacial score (nSPS) is 16.6. The van der Waals surface area contributed by atoms with Crippen molar-refractivity contribution in [2.45, 2.75) is 13.3 Å². The summed E-state index contributed by atoms with van der Waals surface area (Å²) in [6.45, 7) is 5.11. The number of ketones is 1. The molecule has 1 aliphatic heterocycles. The first kappa shape index (κ1) is 16.3. The van der Waals surface area contributed by atoms with Crippen LogP contribution in [0.5, 0.6) is 0 Å². The van der Waals surface area contributed by atoms with Crippen molar-refractivity contribution < 1.29 is 24.3 Å². The van der Waals surface area contributed by atoms with Crippen molar-refractivity contribution >= 4 is 11.8 Å². The number of carbonyl (C=O) groups is 2. The van der Waals surface area contributed by atoms with E-state index < -0.39 is 16.8 Å². The second-order valence-corrected chi connectivity index (χ2v) is 4.49. The van der Waals surface area contributed by atoms with Crippen LogP contribution < -0.4 is 0 Å². The number of Topliss-reactive ketones (excluding diaryl/α,β-unsaturated/α-hetero) is 1. The summed E-state index contributed by atoms with van der Waals surface area (Å²) in [5, 5.41) is 9.27. The molecule has 1 rings (SSSR count). The van der Waals surface area contributed by atoms with E-state index in [1.807, 2.05) is 4.90 Å². The Hall–Kier alpha value is -1.74. The minimum Gasteiger partial charge on any atom is -0.460 e. The number of ether oxygens (including phenoxy) is 1. The third-order valence-corrected chi connectivity index (χ3v) is 2.95. The summed E-state index contributed by atoms with van der Waals surface area (Å²) < 4.78 is 4.76. The molecule has 0 amide bonds. The van der Waals surface area contributed by atoms with Crippen molar-refractivity contribution in [3.8, 4) is 0 Å². The van der Waals surface area contributed by atoms with Crippen LogP contribution in [-0.4, -0.2) is 72.7 Å². The number of nitrogens with zero attached hydrogens (tertiary/aromatic N) is 3. The lowest BCUT2D eigenvalue weighted by atomic mass is 10.3. The lowest BCUT2D eigenvalue weighted by Gasteiger charge is -2.33. The van der Waals surface area contributed by atoms with E-state index >= 15 is 0 Å². The number of esters is 1. The molecule has 0 radical (unpaired) electrons. The van der Waals surface area contributed by atoms with Gasteiger partial charge in [-0.25, -0.2) is 4.79 Å². The van der Waals surface area contributed by atoms with E-state index in [-0.39, 0.29) is 13.3 Å². The third kappa shape index (κ3) is 6.43. The number of hydrogen-bond donors (Lipinski definition) is 0. The standard InChI is InChI=1S/C11H19N3O6/c1-10(15)11(16)19-8-2-3-12-4-6-13(7-5-12)9-20-14(17)18/h2-9H2,1H3. The average Bonchev–Trinajstić information content (AvgIpc) is 2.42. The molecule has 0 spiro atoms. The third-order valence-electron chi connectivity index (χ3n) is 2.95. The molecule has 0 aromatic carbocycles. The van der Waals surface area contributed by atoms with Gasteiger partial charge in [0.05, 0.1) is 6.61 Å². The van der Waals surface area contributed by atoms with Gasteiger partial charge in [-0.1, -0.05) is 0 Å². The number of hydrogen-bond acceptors (Lipinski definition) is 8. The van der Waals surface area contributed by atoms with E-state index in [1.165, 1.54) is 6.92 Å². The molecule has 1 fully saturated rings. The summed E-state index contributed by atoms with van der Waals surface area (Å²) >= 11 is 0. The van der Waals surface area contributed by atoms with Gasteiger partial charge in [-0.3, -0.25) is 14.5 Å². The first-order valence-corrected chi connectivity index (χ1v) is 6.38. The monoisotopic (exact) mass is 289 g/mol. The fraction of sp³-hybridized carbons (Fsp3) is 0.818. The molecule has 1 saturated heterocycles. The van der Waals surface area contributed by atoms with Crippen LogP contribution in [0.25, 0.3) is 0 Å². The molecule has 1 heterocycles. The molecule has 20 heavy (non-hydrogen) atoms. The Balaban J connectivity index is 2.06. The van der Waals surface area contributed by atoms with Crippen LogP contribution in [0.4, 0.5) is 0 Å². The van der Waals surface area contributed by atoms with Crippen molar-refractivity contribution in [2.75, 3.05) is 46.1 Å². The fourth-order valence-electron chi connectivity index (χ4n) is 1.83. The molecule has 9 nitrogen and oxygen atoms in total. The van der Waals surface area contributed by atoms with Crippen LogP contribution >= 0.6 is 0 Å². The van der Waals surface area contributed by atoms with E-state index in [1.54, 1.807) is 0 Å². The maximum Gasteiger partial charge on any atom is 0.374 e. The quantitative estimate of drug-likeness (QED) is 0.190. The SMILES string of the molecule is CC(=O)C(=O)OCCCN1CCN(CO[N+](=O)[O-])CC1. The summed E-state index contributed by atoms with van der Waals surface area (Å²) in [6.07, 6.45) is 0.657. The number of rotatable bonds is 8. The molecule has 0 saturated carbocycles. The van der Waals surface area contributed by atoms with Gasteiger partial charge in [0.25, 0.3) is 5.09 Å². The summed E-state index contributed by atoms with van der Waals surface area (Å²) in [5.41, 5.74) is 0. The highest BCUT2D eigenvalue weighted by molar-refractivity contribution is 6.32. The van der Waals surface area contributed by atoms with Gasteiger partial charge < -0.3 is 9.64 Å². The second kappa shape index (κ2) is 8.43. The molecule has 9 heteroatoms. The van der Waals surface area contributed by atoms with E-state index in [9.17, 15) is 19.7 Å². The zero-order valence-corrected chi connectivity index (χ0v) is 11.4. The van der Waals surface area contributed by atoms with E-state index in [0.29, 0.717) is 19.5 Å². The van der Waals surface area contributed by atoms with Gasteiger partial charge in [0.1, 0.15) is 6.73 Å². The first-order chi connectivity index (χ1) is 9.49. The molecule has 0 N–H and O–H groups in total. The molecule has 0 unspecified atom stereocenters. The molecule has 0 atom stereocenters. The largest absolute Gasteiger partial charge is 0.460 e. The van der Waals surface area contributed by atoms with Crippen LogP contribution in [0.2, 0.25) is 0 Å². The molecule has 0 aliphatic carbocycles. The summed E-state index contributed by atoms with van der Waals surface area (Å²) in [7, 11) is 0. The Bertz CT molecular complexity index is 354. The van der Waals surface area contributed by atoms with E-state index in [2.05, 4.69) is 9.74 Å². The summed E-state index contributed by atoms with van der Waals surface area (Å²) in [5.74, 6) is -1.39. The lowest BCUT2D eigenvalue weighted by Crippen LogP contribution is -2.47. The lowest BCUT2D eigenvalue weighted by molar-refractivity contribution is -0.762. The minimum absolute atomic E-state index is 0.00291. The van der Waals surface area contributed by atoms with Crippen LogP contribution in [-0.2, 0) is 19.2 Å². The fourth-order valence-corrected chi connectivity index (χ4v) is 1.83. The predicted molar refractivity (Wildman–Crippen MR) is 67.2 cm³/mol. The van der Waals surface area contributed by atoms with Crippen LogP contribution in [0.1, 0.15) is 13.3 Å². The van der Waals surface area contributed by atoms with Gasteiger partial charge in [0.15, 0.2) is 0 Å². The van der Waals surface area contributed by atoms with Crippen molar-refractivity contribution in [1.82, 2.24) is 9.80 Å². The van der Waals surface area contributed by atoms with Crippen molar-refractivity contribution in [3.05, 3.63) is 10.1 Å². The van der Waals surface area contributed by atoms with Gasteiger partial charge in [-0.15, -0.1) is 10.1 Å². The highest BCUT2D eigenvalue weighted by atomic mass is 17.0. The van der Waals surface area contributed by atoms with Gasteiger partial charge in [0.2, 0.25) is 5.78 Å². The van der Waals surface area contributed by atoms with Crippen LogP contribution in [0.15, 0.2) is 0 Å². The summed E-state index contributed by atoms with van der Waals surface area (Å²) in [6, 6.07) is 0. The Labute approximate surface area is 116 Å². The van der Waals surface area contributed by atoms with Crippen molar-refractivity contribution in [2.24, 2.45) is 0 Å². The Morgan fingerprint density at radius 3 is 2.35 bits per heavy atom. The van der Waals surface area contributed by atoms with Gasteiger partial charge in [-0.05, 0) is 6.42 Å². The maximum absolute atomic E-state index is 10.9. The molecule has 0 aromatic heterocycles. The highest BCUT2D eigenvalue weighted by Crippen LogP contribution is 2.02. The minimum atomic E-state index is -0.799. The van der Waals surface area contributed by atoms with Crippen LogP contribution in [0, 0.1) is 10.1 Å². The van der Waals surface area contributed by atoms with E-state index in [4.69, 9.17) is 4.74 Å². The molecule has 0 bridgehead atoms. The van der Waals surface area contributed by atoms with Gasteiger partial charge in [-0.2, -0.15) is 0 Å². The maximum atomic E-state index is 10.9. The summed E-state index contributed by atoms with van der Waals surface area (Å²) in [4.78, 5) is 39.9. The zero-order valence-electron chi connectivity index (χ0n) is 11.4. The van der Waals surface area contributed by atoms with Gasteiger partial charge in [0, 0.05) is 39.6 Å². The second-order valence-electron chi connectivity index (χ2n) is 4.49. The van der Waals surface area contributed by atoms with Crippen LogP contribution in [0.3, 0.4) is 0 Å². The Kier molecular flexibility index (Phi) is 6.88. The van der Waals surface area contributed by atoms with Crippen molar-refractivity contribution in [3.63, 3.8) is 0 Å².